The maximum atomic E-state index is 15.5. The molecule has 1 saturated heterocycles. The number of aromatic carboxylic acids is 1. The number of aromatic nitrogens is 1. The molecule has 2 aliphatic rings. The zero-order valence-corrected chi connectivity index (χ0v) is 19.1. The lowest BCUT2D eigenvalue weighted by atomic mass is 9.89. The Morgan fingerprint density at radius 3 is 2.50 bits per heavy atom. The Kier molecular flexibility index (Phi) is 5.41. The van der Waals surface area contributed by atoms with Crippen molar-refractivity contribution < 1.29 is 27.8 Å². The van der Waals surface area contributed by atoms with Crippen LogP contribution < -0.4 is 0 Å². The van der Waals surface area contributed by atoms with Gasteiger partial charge in [0.25, 0.3) is 0 Å². The lowest BCUT2D eigenvalue weighted by Crippen LogP contribution is -2.17. The molecule has 0 radical (unpaired) electrons. The van der Waals surface area contributed by atoms with Gasteiger partial charge >= 0.3 is 5.97 Å². The minimum atomic E-state index is -1.22. The Hall–Kier alpha value is -3.91. The first-order valence-electron chi connectivity index (χ1n) is 11.7. The highest BCUT2D eigenvalue weighted by atomic mass is 19.2. The van der Waals surface area contributed by atoms with E-state index in [1.54, 1.807) is 6.21 Å². The van der Waals surface area contributed by atoms with Crippen molar-refractivity contribution in [2.45, 2.75) is 25.3 Å². The van der Waals surface area contributed by atoms with Crippen molar-refractivity contribution in [3.8, 4) is 16.8 Å². The molecule has 0 unspecified atom stereocenters. The molecule has 0 amide bonds. The molecule has 5 nitrogen and oxygen atoms in total. The third-order valence-electron chi connectivity index (χ3n) is 7.01. The van der Waals surface area contributed by atoms with Gasteiger partial charge in [-0.1, -0.05) is 6.07 Å². The van der Waals surface area contributed by atoms with Gasteiger partial charge in [-0.15, -0.1) is 0 Å². The zero-order chi connectivity index (χ0) is 25.0. The Labute approximate surface area is 204 Å². The van der Waals surface area contributed by atoms with Gasteiger partial charge < -0.3 is 14.4 Å². The summed E-state index contributed by atoms with van der Waals surface area (Å²) in [6, 6.07) is 11.5. The van der Waals surface area contributed by atoms with Crippen LogP contribution >= 0.6 is 0 Å². The SMILES string of the molecule is O=C(O)c1ccc(-c2c(C3CCOCC3)n(-c3ccc(F)c(F)c3)c3cc4c(cc23)CN=C4)c(F)c1. The third-order valence-corrected chi connectivity index (χ3v) is 7.01. The Balaban J connectivity index is 1.73. The molecule has 0 bridgehead atoms. The molecule has 2 aliphatic heterocycles. The largest absolute Gasteiger partial charge is 0.478 e. The van der Waals surface area contributed by atoms with Crippen LogP contribution in [0.5, 0.6) is 0 Å². The van der Waals surface area contributed by atoms with Crippen molar-refractivity contribution in [2.24, 2.45) is 4.99 Å². The van der Waals surface area contributed by atoms with Crippen LogP contribution in [0.25, 0.3) is 27.7 Å². The second-order valence-corrected chi connectivity index (χ2v) is 9.12. The number of fused-ring (bicyclic) bond motifs is 2. The number of carboxylic acids is 1. The van der Waals surface area contributed by atoms with E-state index in [1.165, 1.54) is 18.2 Å². The van der Waals surface area contributed by atoms with Gasteiger partial charge in [0.1, 0.15) is 5.82 Å². The fourth-order valence-electron chi connectivity index (χ4n) is 5.31. The third kappa shape index (κ3) is 3.60. The van der Waals surface area contributed by atoms with Gasteiger partial charge in [-0.3, -0.25) is 4.99 Å². The van der Waals surface area contributed by atoms with Crippen LogP contribution in [0.15, 0.2) is 53.5 Å². The van der Waals surface area contributed by atoms with Crippen LogP contribution in [0.3, 0.4) is 0 Å². The molecule has 4 aromatic rings. The maximum absolute atomic E-state index is 15.5. The van der Waals surface area contributed by atoms with E-state index >= 15 is 4.39 Å². The molecule has 1 aromatic heterocycles. The highest BCUT2D eigenvalue weighted by Crippen LogP contribution is 2.45. The van der Waals surface area contributed by atoms with E-state index in [2.05, 4.69) is 4.99 Å². The van der Waals surface area contributed by atoms with Crippen molar-refractivity contribution in [2.75, 3.05) is 13.2 Å². The molecule has 0 aliphatic carbocycles. The number of hydrogen-bond acceptors (Lipinski definition) is 3. The molecular formula is C28H21F3N2O3. The number of aliphatic imine (C=N–C) groups is 1. The molecule has 8 heteroatoms. The summed E-state index contributed by atoms with van der Waals surface area (Å²) < 4.78 is 51.3. The van der Waals surface area contributed by atoms with Crippen molar-refractivity contribution >= 4 is 23.1 Å². The molecule has 182 valence electrons. The van der Waals surface area contributed by atoms with Crippen LogP contribution in [0.1, 0.15) is 45.9 Å². The standard InChI is InChI=1S/C28H21F3N2O3/c29-22-4-2-19(12-24(22)31)33-25-11-18-14-32-13-17(18)9-21(25)26(27(33)15-5-7-36-8-6-15)20-3-1-16(28(34)35)10-23(20)30/h1-4,9-12,14-15H,5-8,13H2,(H,34,35). The molecule has 0 saturated carbocycles. The molecule has 0 spiro atoms. The molecule has 1 N–H and O–H groups in total. The Morgan fingerprint density at radius 1 is 0.972 bits per heavy atom. The second-order valence-electron chi connectivity index (χ2n) is 9.12. The van der Waals surface area contributed by atoms with Gasteiger partial charge in [-0.25, -0.2) is 18.0 Å². The summed E-state index contributed by atoms with van der Waals surface area (Å²) in [6.07, 6.45) is 3.11. The first kappa shape index (κ1) is 22.5. The zero-order valence-electron chi connectivity index (χ0n) is 19.1. The van der Waals surface area contributed by atoms with Gasteiger partial charge in [0.05, 0.1) is 17.6 Å². The number of ether oxygens (including phenoxy) is 1. The highest BCUT2D eigenvalue weighted by Gasteiger charge is 2.30. The maximum Gasteiger partial charge on any atom is 0.335 e. The lowest BCUT2D eigenvalue weighted by Gasteiger charge is -2.26. The van der Waals surface area contributed by atoms with Gasteiger partial charge in [0.2, 0.25) is 0 Å². The lowest BCUT2D eigenvalue weighted by molar-refractivity contribution is 0.0696. The minimum absolute atomic E-state index is 0.0451. The summed E-state index contributed by atoms with van der Waals surface area (Å²) >= 11 is 0. The summed E-state index contributed by atoms with van der Waals surface area (Å²) in [7, 11) is 0. The summed E-state index contributed by atoms with van der Waals surface area (Å²) in [5, 5.41) is 10.1. The first-order valence-corrected chi connectivity index (χ1v) is 11.7. The van der Waals surface area contributed by atoms with E-state index in [4.69, 9.17) is 4.74 Å². The first-order chi connectivity index (χ1) is 17.4. The van der Waals surface area contributed by atoms with Gasteiger partial charge in [0.15, 0.2) is 11.6 Å². The van der Waals surface area contributed by atoms with Crippen LogP contribution in [0.2, 0.25) is 0 Å². The van der Waals surface area contributed by atoms with Gasteiger partial charge in [0, 0.05) is 59.3 Å². The molecule has 0 atom stereocenters. The summed E-state index contributed by atoms with van der Waals surface area (Å²) in [6.45, 7) is 1.54. The fourth-order valence-corrected chi connectivity index (χ4v) is 5.31. The van der Waals surface area contributed by atoms with Gasteiger partial charge in [-0.2, -0.15) is 0 Å². The molecule has 1 fully saturated rings. The number of benzene rings is 3. The molecule has 3 aromatic carbocycles. The van der Waals surface area contributed by atoms with Crippen LogP contribution in [-0.4, -0.2) is 35.1 Å². The number of nitrogens with zero attached hydrogens (tertiary/aromatic N) is 2. The Morgan fingerprint density at radius 2 is 1.78 bits per heavy atom. The quantitative estimate of drug-likeness (QED) is 0.368. The van der Waals surface area contributed by atoms with Crippen molar-refractivity contribution in [1.82, 2.24) is 4.57 Å². The molecule has 6 rings (SSSR count). The number of carboxylic acid groups (broad SMARTS) is 1. The fraction of sp³-hybridized carbons (Fsp3) is 0.214. The van der Waals surface area contributed by atoms with Crippen molar-refractivity contribution in [3.63, 3.8) is 0 Å². The summed E-state index contributed by atoms with van der Waals surface area (Å²) in [4.78, 5) is 15.8. The van der Waals surface area contributed by atoms with Crippen molar-refractivity contribution in [3.05, 3.63) is 88.4 Å². The Bertz CT molecular complexity index is 1570. The average molecular weight is 490 g/mol. The minimum Gasteiger partial charge on any atom is -0.478 e. The van der Waals surface area contributed by atoms with E-state index in [0.29, 0.717) is 49.4 Å². The topological polar surface area (TPSA) is 63.8 Å². The smallest absolute Gasteiger partial charge is 0.335 e. The van der Waals surface area contributed by atoms with Crippen LogP contribution in [0.4, 0.5) is 13.2 Å². The molecular weight excluding hydrogens is 469 g/mol. The normalized spacial score (nSPS) is 15.5. The predicted octanol–water partition coefficient (Wildman–Crippen LogP) is 6.24. The number of rotatable bonds is 4. The number of carbonyl (C=O) groups is 1. The van der Waals surface area contributed by atoms with E-state index in [1.807, 2.05) is 16.7 Å². The second kappa shape index (κ2) is 8.64. The number of hydrogen-bond donors (Lipinski definition) is 1. The number of halogens is 3. The summed E-state index contributed by atoms with van der Waals surface area (Å²) in [5.74, 6) is -3.86. The monoisotopic (exact) mass is 490 g/mol. The van der Waals surface area contributed by atoms with Crippen LogP contribution in [0, 0.1) is 17.5 Å². The van der Waals surface area contributed by atoms with Gasteiger partial charge in [-0.05, 0) is 60.4 Å². The average Bonchev–Trinajstić information content (AvgIpc) is 3.46. The molecule has 3 heterocycles. The van der Waals surface area contributed by atoms with E-state index < -0.39 is 23.4 Å². The van der Waals surface area contributed by atoms with E-state index in [9.17, 15) is 18.7 Å². The van der Waals surface area contributed by atoms with E-state index in [0.717, 1.165) is 40.4 Å². The summed E-state index contributed by atoms with van der Waals surface area (Å²) in [5.41, 5.74) is 4.51. The highest BCUT2D eigenvalue weighted by molar-refractivity contribution is 6.03. The molecule has 36 heavy (non-hydrogen) atoms. The predicted molar refractivity (Wildman–Crippen MR) is 130 cm³/mol. The van der Waals surface area contributed by atoms with Crippen molar-refractivity contribution in [1.29, 1.82) is 0 Å². The van der Waals surface area contributed by atoms with E-state index in [-0.39, 0.29) is 17.0 Å². The van der Waals surface area contributed by atoms with Crippen LogP contribution in [-0.2, 0) is 11.3 Å².